The summed E-state index contributed by atoms with van der Waals surface area (Å²) in [5.41, 5.74) is 1.39. The van der Waals surface area contributed by atoms with E-state index < -0.39 is 11.0 Å². The van der Waals surface area contributed by atoms with Crippen molar-refractivity contribution in [2.45, 2.75) is 18.9 Å². The van der Waals surface area contributed by atoms with Gasteiger partial charge in [-0.15, -0.1) is 0 Å². The molecule has 0 radical (unpaired) electrons. The first-order valence-electron chi connectivity index (χ1n) is 8.11. The van der Waals surface area contributed by atoms with Gasteiger partial charge in [-0.2, -0.15) is 0 Å². The summed E-state index contributed by atoms with van der Waals surface area (Å²) in [6.07, 6.45) is 1.19. The molecule has 3 rings (SSSR count). The van der Waals surface area contributed by atoms with Crippen molar-refractivity contribution in [1.82, 2.24) is 0 Å². The van der Waals surface area contributed by atoms with Crippen LogP contribution in [0.3, 0.4) is 0 Å². The van der Waals surface area contributed by atoms with E-state index in [-0.39, 0.29) is 17.5 Å². The van der Waals surface area contributed by atoms with Crippen LogP contribution in [0.5, 0.6) is 0 Å². The van der Waals surface area contributed by atoms with Gasteiger partial charge >= 0.3 is 0 Å². The Bertz CT molecular complexity index is 812. The quantitative estimate of drug-likeness (QED) is 0.633. The van der Waals surface area contributed by atoms with Crippen molar-refractivity contribution < 1.29 is 19.2 Å². The minimum atomic E-state index is -0.523. The summed E-state index contributed by atoms with van der Waals surface area (Å²) in [6, 6.07) is 12.0. The van der Waals surface area contributed by atoms with Gasteiger partial charge in [-0.1, -0.05) is 0 Å². The third-order valence-electron chi connectivity index (χ3n) is 3.97. The van der Waals surface area contributed by atoms with E-state index in [0.717, 1.165) is 12.8 Å². The highest BCUT2D eigenvalue weighted by molar-refractivity contribution is 6.04. The van der Waals surface area contributed by atoms with Crippen LogP contribution in [-0.2, 0) is 9.53 Å². The van der Waals surface area contributed by atoms with Crippen LogP contribution < -0.4 is 10.6 Å². The zero-order valence-electron chi connectivity index (χ0n) is 13.8. The molecule has 8 heteroatoms. The maximum atomic E-state index is 12.2. The number of benzene rings is 2. The average Bonchev–Trinajstić information content (AvgIpc) is 3.18. The highest BCUT2D eigenvalue weighted by atomic mass is 16.6. The van der Waals surface area contributed by atoms with E-state index >= 15 is 0 Å². The Morgan fingerprint density at radius 3 is 2.15 bits per heavy atom. The summed E-state index contributed by atoms with van der Waals surface area (Å²) in [6.45, 7) is 0.603. The molecule has 2 aromatic carbocycles. The van der Waals surface area contributed by atoms with Crippen LogP contribution in [0.15, 0.2) is 48.5 Å². The largest absolute Gasteiger partial charge is 0.368 e. The molecule has 0 aliphatic carbocycles. The summed E-state index contributed by atoms with van der Waals surface area (Å²) in [5.74, 6) is -0.554. The molecular weight excluding hydrogens is 338 g/mol. The Hall–Kier alpha value is -3.26. The van der Waals surface area contributed by atoms with Crippen LogP contribution in [-0.4, -0.2) is 29.4 Å². The molecule has 2 amide bonds. The maximum absolute atomic E-state index is 12.2. The van der Waals surface area contributed by atoms with Gasteiger partial charge in [0.1, 0.15) is 6.10 Å². The number of anilines is 2. The van der Waals surface area contributed by atoms with E-state index in [1.165, 1.54) is 24.3 Å². The fourth-order valence-electron chi connectivity index (χ4n) is 2.58. The second kappa shape index (κ2) is 7.75. The number of carbonyl (C=O) groups excluding carboxylic acids is 2. The lowest BCUT2D eigenvalue weighted by Crippen LogP contribution is -2.26. The maximum Gasteiger partial charge on any atom is 0.269 e. The Labute approximate surface area is 149 Å². The van der Waals surface area contributed by atoms with E-state index in [9.17, 15) is 19.7 Å². The third-order valence-corrected chi connectivity index (χ3v) is 3.97. The van der Waals surface area contributed by atoms with Crippen molar-refractivity contribution in [2.24, 2.45) is 0 Å². The molecule has 8 nitrogen and oxygen atoms in total. The number of ether oxygens (including phenoxy) is 1. The molecule has 1 heterocycles. The minimum absolute atomic E-state index is 0.0760. The topological polar surface area (TPSA) is 111 Å². The number of carbonyl (C=O) groups is 2. The van der Waals surface area contributed by atoms with E-state index in [4.69, 9.17) is 4.74 Å². The summed E-state index contributed by atoms with van der Waals surface area (Å²) < 4.78 is 5.32. The molecule has 1 aliphatic heterocycles. The summed E-state index contributed by atoms with van der Waals surface area (Å²) in [7, 11) is 0. The van der Waals surface area contributed by atoms with Gasteiger partial charge in [0.25, 0.3) is 17.5 Å². The summed E-state index contributed by atoms with van der Waals surface area (Å²) in [5, 5.41) is 16.1. The first-order valence-corrected chi connectivity index (χ1v) is 8.11. The smallest absolute Gasteiger partial charge is 0.269 e. The standard InChI is InChI=1S/C18H17N3O5/c22-17(12-3-9-15(10-4-12)21(24)25)19-13-5-7-14(8-6-13)20-18(23)16-2-1-11-26-16/h3-10,16H,1-2,11H2,(H,19,22)(H,20,23)/t16-/m0/s1. The van der Waals surface area contributed by atoms with E-state index in [2.05, 4.69) is 10.6 Å². The molecule has 134 valence electrons. The van der Waals surface area contributed by atoms with Crippen LogP contribution in [0.1, 0.15) is 23.2 Å². The Kier molecular flexibility index (Phi) is 5.23. The lowest BCUT2D eigenvalue weighted by Gasteiger charge is -2.11. The molecule has 0 spiro atoms. The van der Waals surface area contributed by atoms with Crippen LogP contribution in [0, 0.1) is 10.1 Å². The van der Waals surface area contributed by atoms with Gasteiger partial charge in [0, 0.05) is 35.7 Å². The number of non-ortho nitro benzene ring substituents is 1. The van der Waals surface area contributed by atoms with E-state index in [0.29, 0.717) is 23.5 Å². The van der Waals surface area contributed by atoms with Crippen LogP contribution in [0.4, 0.5) is 17.1 Å². The van der Waals surface area contributed by atoms with Crippen molar-refractivity contribution >= 4 is 28.9 Å². The molecule has 0 aromatic heterocycles. The molecule has 0 unspecified atom stereocenters. The highest BCUT2D eigenvalue weighted by Crippen LogP contribution is 2.18. The van der Waals surface area contributed by atoms with Crippen molar-refractivity contribution in [3.05, 3.63) is 64.2 Å². The van der Waals surface area contributed by atoms with Gasteiger partial charge in [-0.25, -0.2) is 0 Å². The number of amides is 2. The Balaban J connectivity index is 1.58. The SMILES string of the molecule is O=C(Nc1ccc(NC(=O)[C@@H]2CCCO2)cc1)c1ccc([N+](=O)[O-])cc1. The van der Waals surface area contributed by atoms with Gasteiger partial charge in [0.15, 0.2) is 0 Å². The highest BCUT2D eigenvalue weighted by Gasteiger charge is 2.23. The van der Waals surface area contributed by atoms with Gasteiger partial charge < -0.3 is 15.4 Å². The molecule has 2 aromatic rings. The molecule has 0 saturated carbocycles. The van der Waals surface area contributed by atoms with Crippen LogP contribution >= 0.6 is 0 Å². The van der Waals surface area contributed by atoms with Gasteiger partial charge in [0.2, 0.25) is 0 Å². The number of rotatable bonds is 5. The zero-order chi connectivity index (χ0) is 18.5. The lowest BCUT2D eigenvalue weighted by atomic mass is 10.2. The second-order valence-electron chi connectivity index (χ2n) is 5.83. The normalized spacial score (nSPS) is 16.1. The van der Waals surface area contributed by atoms with Gasteiger partial charge in [0.05, 0.1) is 4.92 Å². The van der Waals surface area contributed by atoms with Crippen molar-refractivity contribution in [2.75, 3.05) is 17.2 Å². The third kappa shape index (κ3) is 4.22. The molecule has 1 fully saturated rings. The molecule has 0 bridgehead atoms. The number of hydrogen-bond donors (Lipinski definition) is 2. The minimum Gasteiger partial charge on any atom is -0.368 e. The number of nitro benzene ring substituents is 1. The predicted octanol–water partition coefficient (Wildman–Crippen LogP) is 2.96. The summed E-state index contributed by atoms with van der Waals surface area (Å²) >= 11 is 0. The van der Waals surface area contributed by atoms with E-state index in [1.54, 1.807) is 24.3 Å². The lowest BCUT2D eigenvalue weighted by molar-refractivity contribution is -0.384. The molecule has 2 N–H and O–H groups in total. The Morgan fingerprint density at radius 1 is 1.00 bits per heavy atom. The van der Waals surface area contributed by atoms with Gasteiger partial charge in [-0.3, -0.25) is 19.7 Å². The van der Waals surface area contributed by atoms with Gasteiger partial charge in [-0.05, 0) is 49.2 Å². The second-order valence-corrected chi connectivity index (χ2v) is 5.83. The number of hydrogen-bond acceptors (Lipinski definition) is 5. The molecule has 26 heavy (non-hydrogen) atoms. The zero-order valence-corrected chi connectivity index (χ0v) is 13.8. The fraction of sp³-hybridized carbons (Fsp3) is 0.222. The number of nitrogens with zero attached hydrogens (tertiary/aromatic N) is 1. The molecule has 1 atom stereocenters. The van der Waals surface area contributed by atoms with Crippen LogP contribution in [0.25, 0.3) is 0 Å². The van der Waals surface area contributed by atoms with Crippen molar-refractivity contribution in [3.63, 3.8) is 0 Å². The van der Waals surface area contributed by atoms with E-state index in [1.807, 2.05) is 0 Å². The molecule has 1 saturated heterocycles. The first kappa shape index (κ1) is 17.6. The average molecular weight is 355 g/mol. The number of nitrogens with one attached hydrogen (secondary N) is 2. The monoisotopic (exact) mass is 355 g/mol. The summed E-state index contributed by atoms with van der Waals surface area (Å²) in [4.78, 5) is 34.3. The van der Waals surface area contributed by atoms with Crippen molar-refractivity contribution in [1.29, 1.82) is 0 Å². The van der Waals surface area contributed by atoms with Crippen molar-refractivity contribution in [3.8, 4) is 0 Å². The number of nitro groups is 1. The predicted molar refractivity (Wildman–Crippen MR) is 95.1 cm³/mol. The molecular formula is C18H17N3O5. The van der Waals surface area contributed by atoms with Crippen LogP contribution in [0.2, 0.25) is 0 Å². The molecule has 1 aliphatic rings. The Morgan fingerprint density at radius 2 is 1.62 bits per heavy atom. The fourth-order valence-corrected chi connectivity index (χ4v) is 2.58. The first-order chi connectivity index (χ1) is 12.5.